The molecule has 5 aliphatic rings. The number of amides is 1. The molecule has 1 amide bonds. The van der Waals surface area contributed by atoms with E-state index >= 15 is 0 Å². The molecule has 176 valence electrons. The van der Waals surface area contributed by atoms with E-state index in [1.807, 2.05) is 6.07 Å². The molecule has 3 heterocycles. The first-order valence-electron chi connectivity index (χ1n) is 12.2. The third-order valence-electron chi connectivity index (χ3n) is 8.88. The number of likely N-dealkylation sites (tertiary alicyclic amines) is 1. The number of aromatic nitrogens is 1. The van der Waals surface area contributed by atoms with E-state index in [1.54, 1.807) is 24.4 Å². The third-order valence-corrected chi connectivity index (χ3v) is 8.88. The fourth-order valence-electron chi connectivity index (χ4n) is 7.19. The van der Waals surface area contributed by atoms with Crippen molar-refractivity contribution in [2.24, 2.45) is 11.8 Å². The first-order valence-corrected chi connectivity index (χ1v) is 12.2. The lowest BCUT2D eigenvalue weighted by Gasteiger charge is -2.63. The molecule has 2 aliphatic heterocycles. The normalized spacial score (nSPS) is 35.4. The summed E-state index contributed by atoms with van der Waals surface area (Å²) < 4.78 is 6.18. The smallest absolute Gasteiger partial charge is 0.235 e. The van der Waals surface area contributed by atoms with Gasteiger partial charge in [0.25, 0.3) is 0 Å². The van der Waals surface area contributed by atoms with Crippen LogP contribution in [0.25, 0.3) is 0 Å². The number of aliphatic hydroxyl groups is 1. The first-order chi connectivity index (χ1) is 16.4. The molecule has 2 saturated carbocycles. The third kappa shape index (κ3) is 2.53. The maximum absolute atomic E-state index is 13.8. The number of phenols is 1. The Balaban J connectivity index is 1.34. The largest absolute Gasteiger partial charge is 0.504 e. The van der Waals surface area contributed by atoms with E-state index < -0.39 is 28.9 Å². The van der Waals surface area contributed by atoms with Gasteiger partial charge in [-0.2, -0.15) is 0 Å². The molecule has 1 saturated heterocycles. The minimum atomic E-state index is -1.32. The van der Waals surface area contributed by atoms with E-state index in [2.05, 4.69) is 15.2 Å². The van der Waals surface area contributed by atoms with E-state index in [-0.39, 0.29) is 24.0 Å². The quantitative estimate of drug-likeness (QED) is 0.595. The number of nitrogens with zero attached hydrogens (tertiary/aromatic N) is 2. The predicted molar refractivity (Wildman–Crippen MR) is 122 cm³/mol. The van der Waals surface area contributed by atoms with E-state index in [9.17, 15) is 19.8 Å². The predicted octanol–water partition coefficient (Wildman–Crippen LogP) is 1.79. The maximum Gasteiger partial charge on any atom is 0.235 e. The number of ether oxygens (including phenoxy) is 1. The Labute approximate surface area is 196 Å². The van der Waals surface area contributed by atoms with E-state index in [1.165, 1.54) is 19.0 Å². The lowest BCUT2D eigenvalue weighted by Crippen LogP contribution is -2.78. The average Bonchev–Trinajstić information content (AvgIpc) is 3.56. The molecule has 5 atom stereocenters. The zero-order chi connectivity index (χ0) is 23.2. The highest BCUT2D eigenvalue weighted by atomic mass is 16.5. The number of anilines is 1. The van der Waals surface area contributed by atoms with Crippen LogP contribution in [0.2, 0.25) is 0 Å². The van der Waals surface area contributed by atoms with Crippen LogP contribution >= 0.6 is 0 Å². The summed E-state index contributed by atoms with van der Waals surface area (Å²) in [6, 6.07) is 6.74. The van der Waals surface area contributed by atoms with E-state index in [0.29, 0.717) is 30.2 Å². The van der Waals surface area contributed by atoms with Gasteiger partial charge in [-0.1, -0.05) is 6.07 Å². The van der Waals surface area contributed by atoms with Gasteiger partial charge in [-0.25, -0.2) is 0 Å². The molecule has 7 rings (SSSR count). The molecule has 8 nitrogen and oxygen atoms in total. The van der Waals surface area contributed by atoms with E-state index in [4.69, 9.17) is 4.74 Å². The van der Waals surface area contributed by atoms with Crippen molar-refractivity contribution in [1.82, 2.24) is 9.88 Å². The molecule has 1 aromatic carbocycles. The molecular weight excluding hydrogens is 434 g/mol. The minimum Gasteiger partial charge on any atom is -0.504 e. The lowest BCUT2D eigenvalue weighted by molar-refractivity contribution is -0.197. The van der Waals surface area contributed by atoms with Crippen molar-refractivity contribution < 1.29 is 24.5 Å². The number of ketones is 1. The van der Waals surface area contributed by atoms with Gasteiger partial charge in [-0.3, -0.25) is 19.5 Å². The van der Waals surface area contributed by atoms with Crippen molar-refractivity contribution in [2.45, 2.75) is 55.3 Å². The van der Waals surface area contributed by atoms with Crippen molar-refractivity contribution in [3.05, 3.63) is 47.8 Å². The molecule has 1 unspecified atom stereocenters. The fraction of sp³-hybridized carbons (Fsp3) is 0.500. The Kier molecular flexibility index (Phi) is 4.08. The summed E-state index contributed by atoms with van der Waals surface area (Å²) in [5.41, 5.74) is 0.0455. The van der Waals surface area contributed by atoms with Gasteiger partial charge in [0, 0.05) is 24.3 Å². The van der Waals surface area contributed by atoms with Gasteiger partial charge < -0.3 is 20.3 Å². The summed E-state index contributed by atoms with van der Waals surface area (Å²) in [4.78, 5) is 33.5. The van der Waals surface area contributed by atoms with Gasteiger partial charge in [0.1, 0.15) is 5.92 Å². The second-order valence-corrected chi connectivity index (χ2v) is 10.6. The molecule has 3 aliphatic carbocycles. The number of pyridine rings is 1. The van der Waals surface area contributed by atoms with Gasteiger partial charge in [-0.05, 0) is 68.3 Å². The van der Waals surface area contributed by atoms with Gasteiger partial charge >= 0.3 is 0 Å². The molecule has 1 aromatic heterocycles. The lowest BCUT2D eigenvalue weighted by atomic mass is 9.47. The highest BCUT2D eigenvalue weighted by molar-refractivity contribution is 6.10. The van der Waals surface area contributed by atoms with Gasteiger partial charge in [0.2, 0.25) is 5.91 Å². The number of hydrogen-bond acceptors (Lipinski definition) is 7. The Hall–Kier alpha value is -2.97. The first kappa shape index (κ1) is 20.4. The number of benzene rings is 1. The summed E-state index contributed by atoms with van der Waals surface area (Å²) in [6.45, 7) is 1.69. The summed E-state index contributed by atoms with van der Waals surface area (Å²) in [6.07, 6.45) is 5.77. The molecule has 3 N–H and O–H groups in total. The van der Waals surface area contributed by atoms with Crippen molar-refractivity contribution in [1.29, 1.82) is 0 Å². The van der Waals surface area contributed by atoms with Crippen molar-refractivity contribution in [3.8, 4) is 11.5 Å². The topological polar surface area (TPSA) is 112 Å². The van der Waals surface area contributed by atoms with Crippen LogP contribution in [0.4, 0.5) is 5.69 Å². The van der Waals surface area contributed by atoms with E-state index in [0.717, 1.165) is 24.2 Å². The molecule has 0 radical (unpaired) electrons. The number of hydrogen-bond donors (Lipinski definition) is 3. The van der Waals surface area contributed by atoms with Crippen LogP contribution < -0.4 is 10.1 Å². The van der Waals surface area contributed by atoms with Gasteiger partial charge in [0.15, 0.2) is 23.4 Å². The highest BCUT2D eigenvalue weighted by Gasteiger charge is 2.75. The maximum atomic E-state index is 13.8. The van der Waals surface area contributed by atoms with Crippen LogP contribution in [0.1, 0.15) is 36.8 Å². The number of piperidine rings is 1. The van der Waals surface area contributed by atoms with Crippen molar-refractivity contribution in [2.75, 3.05) is 18.4 Å². The number of carbonyl (C=O) groups is 2. The molecule has 8 heteroatoms. The SMILES string of the molecule is O=C(Nc1cccnc1)C1C[C@@]2(O)[C@H]3Cc4ccc(O)c5c4[C@@]2(CCN3CC2CC2)[C@@H](O5)C1=O. The zero-order valence-electron chi connectivity index (χ0n) is 18.7. The Bertz CT molecular complexity index is 1210. The monoisotopic (exact) mass is 461 g/mol. The number of aromatic hydroxyl groups is 1. The minimum absolute atomic E-state index is 0.0205. The second-order valence-electron chi connectivity index (χ2n) is 10.6. The van der Waals surface area contributed by atoms with Crippen LogP contribution in [-0.2, 0) is 21.4 Å². The van der Waals surface area contributed by atoms with Crippen LogP contribution in [-0.4, -0.2) is 62.6 Å². The molecule has 1 spiro atoms. The zero-order valence-corrected chi connectivity index (χ0v) is 18.7. The summed E-state index contributed by atoms with van der Waals surface area (Å²) >= 11 is 0. The van der Waals surface area contributed by atoms with Crippen molar-refractivity contribution >= 4 is 17.4 Å². The number of carbonyl (C=O) groups excluding carboxylic acids is 2. The molecule has 2 aromatic rings. The number of nitrogens with one attached hydrogen (secondary N) is 1. The van der Waals surface area contributed by atoms with Gasteiger partial charge in [-0.15, -0.1) is 0 Å². The summed E-state index contributed by atoms with van der Waals surface area (Å²) in [5.74, 6) is -0.902. The summed E-state index contributed by atoms with van der Waals surface area (Å²) in [5, 5.41) is 26.0. The van der Waals surface area contributed by atoms with Crippen molar-refractivity contribution in [3.63, 3.8) is 0 Å². The Morgan fingerprint density at radius 2 is 2.15 bits per heavy atom. The van der Waals surface area contributed by atoms with Crippen LogP contribution in [0.5, 0.6) is 11.5 Å². The average molecular weight is 462 g/mol. The van der Waals surface area contributed by atoms with Gasteiger partial charge in [0.05, 0.1) is 22.9 Å². The number of rotatable bonds is 4. The highest BCUT2D eigenvalue weighted by Crippen LogP contribution is 2.65. The van der Waals surface area contributed by atoms with Crippen LogP contribution in [0, 0.1) is 11.8 Å². The molecule has 34 heavy (non-hydrogen) atoms. The van der Waals surface area contributed by atoms with Crippen LogP contribution in [0.15, 0.2) is 36.7 Å². The molecule has 3 fully saturated rings. The molecular formula is C26H27N3O5. The Morgan fingerprint density at radius 1 is 1.29 bits per heavy atom. The number of phenolic OH excluding ortho intramolecular Hbond substituents is 1. The Morgan fingerprint density at radius 3 is 2.91 bits per heavy atom. The summed E-state index contributed by atoms with van der Waals surface area (Å²) in [7, 11) is 0. The number of Topliss-reactive ketones (excluding diaryl/α,β-unsaturated/α-hetero) is 1. The molecule has 2 bridgehead atoms. The second kappa shape index (κ2) is 6.79. The van der Waals surface area contributed by atoms with Crippen LogP contribution in [0.3, 0.4) is 0 Å². The fourth-order valence-corrected chi connectivity index (χ4v) is 7.19. The standard InChI is InChI=1S/C26H27N3O5/c30-18-6-5-15-10-19-26(33)11-17(24(32)28-16-2-1-8-27-12-16)21(31)23-25(26,20(15)22(18)34-23)7-9-29(19)13-14-3-4-14/h1-2,5-6,8,12,14,17,19,23,30,33H,3-4,7,9-11,13H2,(H,28,32)/t17?,19-,23+,25+,26-/m1/s1.